The second kappa shape index (κ2) is 6.32. The maximum Gasteiger partial charge on any atom is 0.133 e. The van der Waals surface area contributed by atoms with Crippen LogP contribution in [-0.2, 0) is 6.54 Å². The second-order valence-electron chi connectivity index (χ2n) is 6.42. The van der Waals surface area contributed by atoms with Gasteiger partial charge in [-0.3, -0.25) is 4.90 Å². The van der Waals surface area contributed by atoms with Crippen LogP contribution in [-0.4, -0.2) is 48.6 Å². The van der Waals surface area contributed by atoms with Crippen LogP contribution in [0.5, 0.6) is 0 Å². The number of hydrogen-bond acceptors (Lipinski definition) is 4. The van der Waals surface area contributed by atoms with E-state index in [1.54, 1.807) is 0 Å². The van der Waals surface area contributed by atoms with Gasteiger partial charge >= 0.3 is 0 Å². The number of anilines is 1. The quantitative estimate of drug-likeness (QED) is 0.899. The van der Waals surface area contributed by atoms with Crippen molar-refractivity contribution in [2.45, 2.75) is 46.2 Å². The zero-order chi connectivity index (χ0) is 14.8. The van der Waals surface area contributed by atoms with E-state index in [9.17, 15) is 0 Å². The SMILES string of the molecule is CCNCc1c(C)cc(C)nc1N1CCN(C2CC2)CC1. The minimum absolute atomic E-state index is 0.889. The summed E-state index contributed by atoms with van der Waals surface area (Å²) >= 11 is 0. The van der Waals surface area contributed by atoms with Crippen LogP contribution in [0.4, 0.5) is 5.82 Å². The van der Waals surface area contributed by atoms with Crippen molar-refractivity contribution in [3.8, 4) is 0 Å². The van der Waals surface area contributed by atoms with E-state index in [-0.39, 0.29) is 0 Å². The Balaban J connectivity index is 1.76. The number of pyridine rings is 1. The zero-order valence-corrected chi connectivity index (χ0v) is 13.7. The van der Waals surface area contributed by atoms with Crippen LogP contribution in [0.1, 0.15) is 36.6 Å². The summed E-state index contributed by atoms with van der Waals surface area (Å²) in [5.41, 5.74) is 3.87. The van der Waals surface area contributed by atoms with E-state index in [1.807, 2.05) is 0 Å². The first-order valence-electron chi connectivity index (χ1n) is 8.36. The topological polar surface area (TPSA) is 31.4 Å². The van der Waals surface area contributed by atoms with Crippen molar-refractivity contribution in [3.63, 3.8) is 0 Å². The smallest absolute Gasteiger partial charge is 0.133 e. The predicted molar refractivity (Wildman–Crippen MR) is 87.9 cm³/mol. The highest BCUT2D eigenvalue weighted by atomic mass is 15.3. The third kappa shape index (κ3) is 3.38. The van der Waals surface area contributed by atoms with Gasteiger partial charge in [-0.05, 0) is 44.9 Å². The summed E-state index contributed by atoms with van der Waals surface area (Å²) < 4.78 is 0. The lowest BCUT2D eigenvalue weighted by Crippen LogP contribution is -2.48. The molecule has 3 rings (SSSR count). The third-order valence-electron chi connectivity index (χ3n) is 4.68. The maximum absolute atomic E-state index is 4.86. The number of aromatic nitrogens is 1. The molecule has 1 aromatic heterocycles. The molecule has 0 aromatic carbocycles. The first-order valence-corrected chi connectivity index (χ1v) is 8.36. The van der Waals surface area contributed by atoms with Gasteiger partial charge in [0.15, 0.2) is 0 Å². The van der Waals surface area contributed by atoms with Crippen LogP contribution in [0.3, 0.4) is 0 Å². The van der Waals surface area contributed by atoms with Crippen LogP contribution in [0, 0.1) is 13.8 Å². The van der Waals surface area contributed by atoms with Gasteiger partial charge in [-0.2, -0.15) is 0 Å². The predicted octanol–water partition coefficient (Wildman–Crippen LogP) is 2.09. The minimum atomic E-state index is 0.889. The molecule has 1 aliphatic carbocycles. The summed E-state index contributed by atoms with van der Waals surface area (Å²) in [6.45, 7) is 13.0. The van der Waals surface area contributed by atoms with Crippen LogP contribution >= 0.6 is 0 Å². The van der Waals surface area contributed by atoms with Crippen molar-refractivity contribution in [3.05, 3.63) is 22.9 Å². The lowest BCUT2D eigenvalue weighted by molar-refractivity contribution is 0.247. The molecule has 1 N–H and O–H groups in total. The highest BCUT2D eigenvalue weighted by Crippen LogP contribution is 2.29. The normalized spacial score (nSPS) is 20.0. The van der Waals surface area contributed by atoms with E-state index in [4.69, 9.17) is 4.98 Å². The molecule has 2 heterocycles. The fraction of sp³-hybridized carbons (Fsp3) is 0.706. The van der Waals surface area contributed by atoms with Gasteiger partial charge < -0.3 is 10.2 Å². The average molecular weight is 288 g/mol. The van der Waals surface area contributed by atoms with Crippen molar-refractivity contribution < 1.29 is 0 Å². The van der Waals surface area contributed by atoms with Crippen LogP contribution in [0.2, 0.25) is 0 Å². The van der Waals surface area contributed by atoms with E-state index in [2.05, 4.69) is 42.0 Å². The minimum Gasteiger partial charge on any atom is -0.354 e. The molecule has 0 amide bonds. The summed E-state index contributed by atoms with van der Waals surface area (Å²) in [5, 5.41) is 3.46. The molecule has 0 spiro atoms. The third-order valence-corrected chi connectivity index (χ3v) is 4.68. The summed E-state index contributed by atoms with van der Waals surface area (Å²) in [5.74, 6) is 1.21. The number of nitrogens with one attached hydrogen (secondary N) is 1. The summed E-state index contributed by atoms with van der Waals surface area (Å²) in [4.78, 5) is 10.0. The maximum atomic E-state index is 4.86. The number of hydrogen-bond donors (Lipinski definition) is 1. The van der Waals surface area contributed by atoms with Crippen molar-refractivity contribution in [2.24, 2.45) is 0 Å². The highest BCUT2D eigenvalue weighted by molar-refractivity contribution is 5.52. The van der Waals surface area contributed by atoms with Gasteiger partial charge in [-0.15, -0.1) is 0 Å². The molecule has 0 radical (unpaired) electrons. The summed E-state index contributed by atoms with van der Waals surface area (Å²) in [6, 6.07) is 3.09. The van der Waals surface area contributed by atoms with Gasteiger partial charge in [0.1, 0.15) is 5.82 Å². The van der Waals surface area contributed by atoms with Gasteiger partial charge in [-0.25, -0.2) is 4.98 Å². The van der Waals surface area contributed by atoms with Gasteiger partial charge in [0.25, 0.3) is 0 Å². The zero-order valence-electron chi connectivity index (χ0n) is 13.7. The summed E-state index contributed by atoms with van der Waals surface area (Å²) in [7, 11) is 0. The molecule has 1 saturated heterocycles. The molecule has 1 saturated carbocycles. The second-order valence-corrected chi connectivity index (χ2v) is 6.42. The average Bonchev–Trinajstić information content (AvgIpc) is 3.30. The van der Waals surface area contributed by atoms with E-state index in [1.165, 1.54) is 42.9 Å². The molecule has 1 aliphatic heterocycles. The molecule has 0 atom stereocenters. The number of rotatable bonds is 5. The lowest BCUT2D eigenvalue weighted by atomic mass is 10.1. The van der Waals surface area contributed by atoms with Gasteiger partial charge in [0, 0.05) is 50.0 Å². The Bertz CT molecular complexity index is 488. The van der Waals surface area contributed by atoms with Crippen molar-refractivity contribution in [1.82, 2.24) is 15.2 Å². The van der Waals surface area contributed by atoms with Crippen molar-refractivity contribution in [2.75, 3.05) is 37.6 Å². The molecule has 1 aromatic rings. The molecule has 4 heteroatoms. The Hall–Kier alpha value is -1.13. The molecule has 0 unspecified atom stereocenters. The fourth-order valence-corrected chi connectivity index (χ4v) is 3.31. The van der Waals surface area contributed by atoms with Crippen molar-refractivity contribution in [1.29, 1.82) is 0 Å². The Morgan fingerprint density at radius 2 is 1.90 bits per heavy atom. The Morgan fingerprint density at radius 3 is 2.52 bits per heavy atom. The molecular formula is C17H28N4. The van der Waals surface area contributed by atoms with Gasteiger partial charge in [-0.1, -0.05) is 6.92 Å². The van der Waals surface area contributed by atoms with E-state index < -0.39 is 0 Å². The number of nitrogens with zero attached hydrogens (tertiary/aromatic N) is 3. The molecule has 21 heavy (non-hydrogen) atoms. The summed E-state index contributed by atoms with van der Waals surface area (Å²) in [6.07, 6.45) is 2.82. The lowest BCUT2D eigenvalue weighted by Gasteiger charge is -2.36. The van der Waals surface area contributed by atoms with E-state index in [0.29, 0.717) is 0 Å². The number of piperazine rings is 1. The highest BCUT2D eigenvalue weighted by Gasteiger charge is 2.31. The molecule has 0 bridgehead atoms. The largest absolute Gasteiger partial charge is 0.354 e. The molecular weight excluding hydrogens is 260 g/mol. The van der Waals surface area contributed by atoms with Crippen LogP contribution in [0.15, 0.2) is 6.07 Å². The van der Waals surface area contributed by atoms with E-state index in [0.717, 1.165) is 37.9 Å². The number of aryl methyl sites for hydroxylation is 2. The molecule has 2 fully saturated rings. The molecule has 4 nitrogen and oxygen atoms in total. The first kappa shape index (κ1) is 14.8. The molecule has 2 aliphatic rings. The monoisotopic (exact) mass is 288 g/mol. The Morgan fingerprint density at radius 1 is 1.19 bits per heavy atom. The van der Waals surface area contributed by atoms with Crippen LogP contribution in [0.25, 0.3) is 0 Å². The standard InChI is InChI=1S/C17H28N4/c1-4-18-12-16-13(2)11-14(3)19-17(16)21-9-7-20(8-10-21)15-5-6-15/h11,15,18H,4-10,12H2,1-3H3. The Kier molecular flexibility index (Phi) is 4.45. The van der Waals surface area contributed by atoms with Crippen LogP contribution < -0.4 is 10.2 Å². The molecule has 116 valence electrons. The van der Waals surface area contributed by atoms with Gasteiger partial charge in [0.05, 0.1) is 0 Å². The first-order chi connectivity index (χ1) is 10.2. The van der Waals surface area contributed by atoms with Gasteiger partial charge in [0.2, 0.25) is 0 Å². The van der Waals surface area contributed by atoms with Crippen molar-refractivity contribution >= 4 is 5.82 Å². The Labute approximate surface area is 128 Å². The van der Waals surface area contributed by atoms with E-state index >= 15 is 0 Å². The fourth-order valence-electron chi connectivity index (χ4n) is 3.31.